The largest absolute Gasteiger partial charge is 0.492 e. The summed E-state index contributed by atoms with van der Waals surface area (Å²) in [6.07, 6.45) is 3.32. The Morgan fingerprint density at radius 1 is 1.18 bits per heavy atom. The number of hydrogen-bond donors (Lipinski definition) is 6. The number of nitrogens with zero attached hydrogens (tertiary/aromatic N) is 4. The van der Waals surface area contributed by atoms with Gasteiger partial charge in [0, 0.05) is 30.4 Å². The molecule has 5 aliphatic heterocycles. The maximum absolute atomic E-state index is 13.5. The third kappa shape index (κ3) is 3.06. The number of carbonyl (C=O) groups is 3. The Morgan fingerprint density at radius 3 is 2.62 bits per heavy atom. The number of aliphatic imine (C=N–C) groups is 2. The lowest BCUT2D eigenvalue weighted by molar-refractivity contribution is -0.230. The quantitative estimate of drug-likeness (QED) is 0.174. The van der Waals surface area contributed by atoms with E-state index in [2.05, 4.69) is 20.6 Å². The van der Waals surface area contributed by atoms with E-state index in [0.29, 0.717) is 17.9 Å². The molecule has 4 atom stereocenters. The van der Waals surface area contributed by atoms with E-state index < -0.39 is 35.5 Å². The zero-order chi connectivity index (χ0) is 27.3. The predicted molar refractivity (Wildman–Crippen MR) is 135 cm³/mol. The molecule has 0 aromatic heterocycles. The lowest BCUT2D eigenvalue weighted by Gasteiger charge is -2.49. The van der Waals surface area contributed by atoms with E-state index in [1.165, 1.54) is 4.90 Å². The number of hydrogen-bond acceptors (Lipinski definition) is 12. The molecule has 14 nitrogen and oxygen atoms in total. The van der Waals surface area contributed by atoms with Crippen molar-refractivity contribution in [2.75, 3.05) is 19.7 Å². The molecule has 5 heterocycles. The molecule has 8 N–H and O–H groups in total. The van der Waals surface area contributed by atoms with Crippen molar-refractivity contribution in [2.45, 2.75) is 67.1 Å². The molecule has 0 bridgehead atoms. The number of imide groups is 1. The minimum absolute atomic E-state index is 0.0514. The van der Waals surface area contributed by atoms with Crippen LogP contribution in [-0.4, -0.2) is 98.9 Å². The summed E-state index contributed by atoms with van der Waals surface area (Å²) in [5.74, 6) is -3.47. The molecule has 3 unspecified atom stereocenters. The number of nitrogens with two attached hydrogens (primary N) is 2. The van der Waals surface area contributed by atoms with Gasteiger partial charge >= 0.3 is 0 Å². The van der Waals surface area contributed by atoms with Crippen LogP contribution in [0.5, 0.6) is 5.75 Å². The smallest absolute Gasteiger partial charge is 0.255 e. The number of ether oxygens (including phenoxy) is 1. The maximum atomic E-state index is 13.5. The summed E-state index contributed by atoms with van der Waals surface area (Å²) in [5.41, 5.74) is 11.8. The molecule has 2 saturated heterocycles. The molecule has 3 amide bonds. The fourth-order valence-electron chi connectivity index (χ4n) is 7.08. The van der Waals surface area contributed by atoms with Crippen molar-refractivity contribution >= 4 is 29.6 Å². The van der Waals surface area contributed by atoms with E-state index in [1.54, 1.807) is 6.07 Å². The van der Waals surface area contributed by atoms with Crippen LogP contribution in [0.15, 0.2) is 28.2 Å². The Bertz CT molecular complexity index is 1360. The van der Waals surface area contributed by atoms with Gasteiger partial charge in [-0.15, -0.1) is 0 Å². The van der Waals surface area contributed by atoms with Gasteiger partial charge in [0.05, 0.1) is 24.8 Å². The number of likely N-dealkylation sites (tertiary alicyclic amines) is 1. The average Bonchev–Trinajstić information content (AvgIpc) is 3.58. The van der Waals surface area contributed by atoms with E-state index in [0.717, 1.165) is 29.7 Å². The monoisotopic (exact) mass is 538 g/mol. The van der Waals surface area contributed by atoms with E-state index in [1.807, 2.05) is 12.1 Å². The molecule has 0 radical (unpaired) electrons. The Kier molecular flexibility index (Phi) is 4.84. The number of fused-ring (bicyclic) bond motifs is 2. The summed E-state index contributed by atoms with van der Waals surface area (Å²) in [4.78, 5) is 49.4. The van der Waals surface area contributed by atoms with Crippen molar-refractivity contribution in [1.82, 2.24) is 20.4 Å². The number of guanidine groups is 2. The number of nitrogens with one attached hydrogen (secondary N) is 2. The van der Waals surface area contributed by atoms with E-state index in [9.17, 15) is 24.6 Å². The molecule has 7 rings (SSSR count). The summed E-state index contributed by atoms with van der Waals surface area (Å²) >= 11 is 0. The topological polar surface area (TPSA) is 208 Å². The van der Waals surface area contributed by atoms with Gasteiger partial charge in [-0.25, -0.2) is 9.98 Å². The molecule has 39 heavy (non-hydrogen) atoms. The van der Waals surface area contributed by atoms with Crippen molar-refractivity contribution in [3.63, 3.8) is 0 Å². The van der Waals surface area contributed by atoms with Gasteiger partial charge in [-0.05, 0) is 18.9 Å². The lowest BCUT2D eigenvalue weighted by Crippen LogP contribution is -2.78. The van der Waals surface area contributed by atoms with Crippen molar-refractivity contribution < 1.29 is 29.3 Å². The number of aliphatic hydroxyl groups is 2. The molecule has 1 saturated carbocycles. The van der Waals surface area contributed by atoms with Crippen LogP contribution in [0, 0.1) is 0 Å². The maximum Gasteiger partial charge on any atom is 0.255 e. The third-order valence-corrected chi connectivity index (χ3v) is 9.27. The van der Waals surface area contributed by atoms with Gasteiger partial charge in [-0.1, -0.05) is 18.6 Å². The van der Waals surface area contributed by atoms with Gasteiger partial charge in [-0.2, -0.15) is 0 Å². The number of rotatable bonds is 4. The summed E-state index contributed by atoms with van der Waals surface area (Å²) in [6, 6.07) is 2.29. The van der Waals surface area contributed by atoms with Crippen LogP contribution in [0.2, 0.25) is 0 Å². The molecular formula is C25H30N8O6. The van der Waals surface area contributed by atoms with Crippen LogP contribution in [0.1, 0.15) is 48.0 Å². The third-order valence-electron chi connectivity index (χ3n) is 9.27. The van der Waals surface area contributed by atoms with Crippen LogP contribution in [0.4, 0.5) is 0 Å². The second-order valence-corrected chi connectivity index (χ2v) is 11.3. The molecule has 1 aromatic rings. The van der Waals surface area contributed by atoms with Crippen LogP contribution in [0.3, 0.4) is 0 Å². The van der Waals surface area contributed by atoms with Crippen LogP contribution in [0.25, 0.3) is 0 Å². The van der Waals surface area contributed by atoms with Crippen LogP contribution >= 0.6 is 0 Å². The molecule has 3 fully saturated rings. The molecule has 14 heteroatoms. The highest BCUT2D eigenvalue weighted by Crippen LogP contribution is 2.52. The van der Waals surface area contributed by atoms with Crippen molar-refractivity contribution in [1.29, 1.82) is 0 Å². The van der Waals surface area contributed by atoms with Gasteiger partial charge in [0.15, 0.2) is 17.6 Å². The van der Waals surface area contributed by atoms with Crippen molar-refractivity contribution in [3.8, 4) is 5.75 Å². The number of carbonyl (C=O) groups excluding carboxylic acids is 3. The summed E-state index contributed by atoms with van der Waals surface area (Å²) < 4.78 is 5.97. The second kappa shape index (κ2) is 7.82. The first-order valence-electron chi connectivity index (χ1n) is 13.1. The van der Waals surface area contributed by atoms with Crippen LogP contribution in [-0.2, 0) is 15.0 Å². The first-order chi connectivity index (χ1) is 18.6. The van der Waals surface area contributed by atoms with Gasteiger partial charge in [0.1, 0.15) is 17.8 Å². The SMILES string of the molecule is NC1=N[C@H]2C(CN3C(=O)CCC3=O)N=C(N)N3CC(NC(=O)c4cccc5c4OCC54CCC4)C(O)(O)C23N1. The molecule has 206 valence electrons. The van der Waals surface area contributed by atoms with Crippen LogP contribution < -0.4 is 26.8 Å². The van der Waals surface area contributed by atoms with Gasteiger partial charge in [-0.3, -0.25) is 19.3 Å². The van der Waals surface area contributed by atoms with Crippen molar-refractivity contribution in [2.24, 2.45) is 21.5 Å². The van der Waals surface area contributed by atoms with Gasteiger partial charge < -0.3 is 42.0 Å². The van der Waals surface area contributed by atoms with E-state index in [4.69, 9.17) is 16.2 Å². The second-order valence-electron chi connectivity index (χ2n) is 11.3. The number of amides is 3. The van der Waals surface area contributed by atoms with Gasteiger partial charge in [0.25, 0.3) is 5.91 Å². The predicted octanol–water partition coefficient (Wildman–Crippen LogP) is -2.58. The molecule has 1 aromatic carbocycles. The summed E-state index contributed by atoms with van der Waals surface area (Å²) in [5, 5.41) is 29.0. The molecule has 2 spiro atoms. The van der Waals surface area contributed by atoms with E-state index in [-0.39, 0.29) is 55.1 Å². The normalized spacial score (nSPS) is 33.0. The zero-order valence-corrected chi connectivity index (χ0v) is 21.1. The highest BCUT2D eigenvalue weighted by Gasteiger charge is 2.73. The van der Waals surface area contributed by atoms with E-state index >= 15 is 0 Å². The average molecular weight is 539 g/mol. The minimum Gasteiger partial charge on any atom is -0.492 e. The Balaban J connectivity index is 1.19. The summed E-state index contributed by atoms with van der Waals surface area (Å²) in [6.45, 7) is 0.267. The van der Waals surface area contributed by atoms with Gasteiger partial charge in [0.2, 0.25) is 17.6 Å². The highest BCUT2D eigenvalue weighted by molar-refractivity contribution is 6.02. The first kappa shape index (κ1) is 24.2. The highest BCUT2D eigenvalue weighted by atomic mass is 16.5. The first-order valence-corrected chi connectivity index (χ1v) is 13.1. The Labute approximate surface area is 223 Å². The van der Waals surface area contributed by atoms with Crippen molar-refractivity contribution in [3.05, 3.63) is 29.3 Å². The fourth-order valence-corrected chi connectivity index (χ4v) is 7.08. The molecular weight excluding hydrogens is 508 g/mol. The Morgan fingerprint density at radius 2 is 1.92 bits per heavy atom. The number of para-hydroxylation sites is 1. The summed E-state index contributed by atoms with van der Waals surface area (Å²) in [7, 11) is 0. The lowest BCUT2D eigenvalue weighted by atomic mass is 9.66. The Hall–Kier alpha value is -3.91. The minimum atomic E-state index is -2.64. The molecule has 6 aliphatic rings. The number of benzene rings is 1. The molecule has 1 aliphatic carbocycles. The standard InChI is InChI=1S/C25H30N8O6/c26-21-30-19-14(9-32-16(34)5-6-17(32)35)28-22(27)33-10-15(25(37,38)24(19,33)31-21)29-20(36)12-3-1-4-13-18(12)39-11-23(13)7-2-8-23/h1,3-4,14-15,19,37-38H,2,5-11H2,(H2,27,28)(H,29,36)(H3,26,30,31)/t14?,15?,19-,24?/m0/s1. The fraction of sp³-hybridized carbons (Fsp3) is 0.560. The zero-order valence-electron chi connectivity index (χ0n) is 21.1.